The van der Waals surface area contributed by atoms with Crippen molar-refractivity contribution in [1.82, 2.24) is 14.8 Å². The number of carbonyl (C=O) groups excluding carboxylic acids is 1. The number of benzene rings is 1. The summed E-state index contributed by atoms with van der Waals surface area (Å²) in [6, 6.07) is 5.17. The van der Waals surface area contributed by atoms with Gasteiger partial charge in [0.2, 0.25) is 6.79 Å². The maximum atomic E-state index is 12.9. The fraction of sp³-hybridized carbons (Fsp3) is 0.316. The number of amides is 1. The van der Waals surface area contributed by atoms with Crippen LogP contribution in [0.15, 0.2) is 35.4 Å². The first-order chi connectivity index (χ1) is 13.7. The summed E-state index contributed by atoms with van der Waals surface area (Å²) in [5, 5.41) is 9.28. The van der Waals surface area contributed by atoms with E-state index in [4.69, 9.17) is 14.2 Å². The Morgan fingerprint density at radius 2 is 2.18 bits per heavy atom. The van der Waals surface area contributed by atoms with Crippen molar-refractivity contribution in [2.24, 2.45) is 0 Å². The summed E-state index contributed by atoms with van der Waals surface area (Å²) >= 11 is 0. The highest BCUT2D eigenvalue weighted by Gasteiger charge is 2.24. The SMILES string of the molecule is O=C(Nc1ccc2c(c1)OCO2)c1cn(CC2CCCO2)cc2c(=O)[nH]nc1-2. The Labute approximate surface area is 159 Å². The van der Waals surface area contributed by atoms with Crippen molar-refractivity contribution in [3.05, 3.63) is 46.5 Å². The lowest BCUT2D eigenvalue weighted by molar-refractivity contribution is 0.0961. The minimum absolute atomic E-state index is 0.0780. The molecule has 28 heavy (non-hydrogen) atoms. The average Bonchev–Trinajstić information content (AvgIpc) is 3.43. The number of hydrogen-bond acceptors (Lipinski definition) is 6. The van der Waals surface area contributed by atoms with Gasteiger partial charge in [0.15, 0.2) is 11.5 Å². The number of aromatic amines is 1. The van der Waals surface area contributed by atoms with Gasteiger partial charge in [-0.3, -0.25) is 9.59 Å². The van der Waals surface area contributed by atoms with E-state index in [9.17, 15) is 9.59 Å². The molecule has 1 amide bonds. The molecule has 1 saturated heterocycles. The molecule has 0 aromatic heterocycles. The second-order valence-electron chi connectivity index (χ2n) is 6.84. The Morgan fingerprint density at radius 1 is 1.29 bits per heavy atom. The molecule has 0 bridgehead atoms. The number of carbonyl (C=O) groups is 1. The first-order valence-corrected chi connectivity index (χ1v) is 9.08. The number of nitrogens with zero attached hydrogens (tertiary/aromatic N) is 2. The highest BCUT2D eigenvalue weighted by molar-refractivity contribution is 6.08. The molecule has 1 aromatic rings. The zero-order valence-electron chi connectivity index (χ0n) is 14.9. The lowest BCUT2D eigenvalue weighted by Crippen LogP contribution is -2.20. The normalized spacial score (nSPS) is 17.9. The number of nitrogens with one attached hydrogen (secondary N) is 2. The van der Waals surface area contributed by atoms with Crippen LogP contribution in [0.5, 0.6) is 11.5 Å². The maximum Gasteiger partial charge on any atom is 0.275 e. The first kappa shape index (κ1) is 16.8. The Hall–Kier alpha value is -3.33. The van der Waals surface area contributed by atoms with Gasteiger partial charge in [0.05, 0.1) is 17.2 Å². The van der Waals surface area contributed by atoms with Crippen LogP contribution >= 0.6 is 0 Å². The third kappa shape index (κ3) is 2.99. The highest BCUT2D eigenvalue weighted by atomic mass is 16.7. The average molecular weight is 382 g/mol. The number of hydrogen-bond donors (Lipinski definition) is 2. The van der Waals surface area contributed by atoms with Crippen LogP contribution in [0.25, 0.3) is 11.3 Å². The molecule has 9 nitrogen and oxygen atoms in total. The summed E-state index contributed by atoms with van der Waals surface area (Å²) in [5.41, 5.74) is 1.26. The highest BCUT2D eigenvalue weighted by Crippen LogP contribution is 2.34. The Morgan fingerprint density at radius 3 is 3.04 bits per heavy atom. The van der Waals surface area contributed by atoms with E-state index in [2.05, 4.69) is 15.5 Å². The van der Waals surface area contributed by atoms with Crippen LogP contribution in [0.3, 0.4) is 0 Å². The summed E-state index contributed by atoms with van der Waals surface area (Å²) < 4.78 is 18.1. The largest absolute Gasteiger partial charge is 0.454 e. The molecular formula is C19H18N4O5. The van der Waals surface area contributed by atoms with Crippen molar-refractivity contribution < 1.29 is 19.0 Å². The minimum Gasteiger partial charge on any atom is -0.454 e. The van der Waals surface area contributed by atoms with Gasteiger partial charge in [-0.25, -0.2) is 5.10 Å². The number of rotatable bonds is 4. The summed E-state index contributed by atoms with van der Waals surface area (Å²) in [4.78, 5) is 25.0. The van der Waals surface area contributed by atoms with Crippen LogP contribution in [0.1, 0.15) is 23.2 Å². The number of pyridine rings is 1. The molecule has 0 aliphatic carbocycles. The van der Waals surface area contributed by atoms with E-state index >= 15 is 0 Å². The van der Waals surface area contributed by atoms with Gasteiger partial charge < -0.3 is 24.1 Å². The van der Waals surface area contributed by atoms with Crippen molar-refractivity contribution in [1.29, 1.82) is 0 Å². The van der Waals surface area contributed by atoms with E-state index in [1.54, 1.807) is 30.6 Å². The Bertz CT molecular complexity index is 1070. The summed E-state index contributed by atoms with van der Waals surface area (Å²) in [5.74, 6) is 0.848. The molecule has 0 radical (unpaired) electrons. The van der Waals surface area contributed by atoms with Crippen LogP contribution < -0.4 is 20.3 Å². The van der Waals surface area contributed by atoms with Gasteiger partial charge >= 0.3 is 0 Å². The lowest BCUT2D eigenvalue weighted by Gasteiger charge is -2.16. The molecule has 1 atom stereocenters. The fourth-order valence-corrected chi connectivity index (χ4v) is 3.56. The molecule has 4 heterocycles. The molecule has 9 heteroatoms. The van der Waals surface area contributed by atoms with E-state index in [1.807, 2.05) is 4.57 Å². The molecule has 0 saturated carbocycles. The Balaban J connectivity index is 1.46. The van der Waals surface area contributed by atoms with Crippen LogP contribution in [0.4, 0.5) is 5.69 Å². The van der Waals surface area contributed by atoms with Crippen molar-refractivity contribution in [3.63, 3.8) is 0 Å². The topological polar surface area (TPSA) is 107 Å². The van der Waals surface area contributed by atoms with Crippen LogP contribution in [0.2, 0.25) is 0 Å². The smallest absolute Gasteiger partial charge is 0.275 e. The van der Waals surface area contributed by atoms with Gasteiger partial charge in [-0.05, 0) is 25.0 Å². The number of H-pyrrole nitrogens is 1. The standard InChI is InChI=1S/C19H18N4O5/c24-18(20-11-3-4-15-16(6-11)28-10-27-15)13-8-23(7-12-2-1-5-26-12)9-14-17(13)21-22-19(14)25/h3-4,6,8-9,12H,1-2,5,7,10H2,(H,20,24)(H,22,25). The predicted molar refractivity (Wildman–Crippen MR) is 99.0 cm³/mol. The van der Waals surface area contributed by atoms with Crippen LogP contribution in [-0.2, 0) is 11.3 Å². The number of ether oxygens (including phenoxy) is 3. The van der Waals surface area contributed by atoms with Gasteiger partial charge in [0, 0.05) is 37.3 Å². The third-order valence-electron chi connectivity index (χ3n) is 4.93. The molecule has 4 aliphatic heterocycles. The molecule has 1 unspecified atom stereocenters. The third-order valence-corrected chi connectivity index (χ3v) is 4.93. The summed E-state index contributed by atoms with van der Waals surface area (Å²) in [6.45, 7) is 1.48. The van der Waals surface area contributed by atoms with E-state index < -0.39 is 0 Å². The lowest BCUT2D eigenvalue weighted by atomic mass is 10.1. The second kappa shape index (κ2) is 6.68. The molecule has 144 valence electrons. The fourth-order valence-electron chi connectivity index (χ4n) is 3.56. The molecular weight excluding hydrogens is 364 g/mol. The summed E-state index contributed by atoms with van der Waals surface area (Å²) in [6.07, 6.45) is 5.46. The quantitative estimate of drug-likeness (QED) is 0.713. The zero-order valence-corrected chi connectivity index (χ0v) is 14.9. The predicted octanol–water partition coefficient (Wildman–Crippen LogP) is 1.84. The molecule has 4 aliphatic rings. The van der Waals surface area contributed by atoms with Gasteiger partial charge in [0.1, 0.15) is 5.69 Å². The number of aromatic nitrogens is 3. The van der Waals surface area contributed by atoms with Gasteiger partial charge in [-0.15, -0.1) is 0 Å². The van der Waals surface area contributed by atoms with Crippen molar-refractivity contribution in [2.75, 3.05) is 18.7 Å². The molecule has 1 fully saturated rings. The first-order valence-electron chi connectivity index (χ1n) is 9.08. The molecule has 2 N–H and O–H groups in total. The van der Waals surface area contributed by atoms with E-state index in [-0.39, 0.29) is 24.4 Å². The van der Waals surface area contributed by atoms with E-state index in [0.717, 1.165) is 19.4 Å². The van der Waals surface area contributed by atoms with Crippen molar-refractivity contribution in [3.8, 4) is 22.8 Å². The van der Waals surface area contributed by atoms with E-state index in [0.29, 0.717) is 40.6 Å². The molecule has 5 rings (SSSR count). The van der Waals surface area contributed by atoms with Crippen LogP contribution in [-0.4, -0.2) is 40.2 Å². The van der Waals surface area contributed by atoms with Gasteiger partial charge in [-0.1, -0.05) is 0 Å². The van der Waals surface area contributed by atoms with Gasteiger partial charge in [-0.2, -0.15) is 5.10 Å². The van der Waals surface area contributed by atoms with Gasteiger partial charge in [0.25, 0.3) is 11.5 Å². The van der Waals surface area contributed by atoms with Crippen molar-refractivity contribution >= 4 is 11.6 Å². The van der Waals surface area contributed by atoms with E-state index in [1.165, 1.54) is 0 Å². The maximum absolute atomic E-state index is 12.9. The summed E-state index contributed by atoms with van der Waals surface area (Å²) in [7, 11) is 0. The minimum atomic E-state index is -0.364. The Kier molecular flexibility index (Phi) is 4.01. The van der Waals surface area contributed by atoms with Crippen molar-refractivity contribution in [2.45, 2.75) is 25.5 Å². The number of fused-ring (bicyclic) bond motifs is 2. The zero-order chi connectivity index (χ0) is 19.1. The second-order valence-corrected chi connectivity index (χ2v) is 6.84. The molecule has 0 spiro atoms. The monoisotopic (exact) mass is 382 g/mol. The van der Waals surface area contributed by atoms with Crippen LogP contribution in [0, 0.1) is 0 Å². The molecule has 1 aromatic carbocycles. The number of anilines is 1.